The molecule has 4 aromatic carbocycles. The molecule has 0 radical (unpaired) electrons. The number of nitrogens with zero attached hydrogens (tertiary/aromatic N) is 5. The van der Waals surface area contributed by atoms with E-state index in [-0.39, 0.29) is 78.5 Å². The van der Waals surface area contributed by atoms with Crippen LogP contribution in [-0.2, 0) is 59.9 Å². The van der Waals surface area contributed by atoms with Gasteiger partial charge in [-0.25, -0.2) is 19.6 Å². The minimum absolute atomic E-state index is 0.0307. The molecule has 95 heavy (non-hydrogen) atoms. The van der Waals surface area contributed by atoms with Crippen LogP contribution in [0.3, 0.4) is 0 Å². The first-order chi connectivity index (χ1) is 45.5. The van der Waals surface area contributed by atoms with Gasteiger partial charge in [0.1, 0.15) is 29.2 Å². The lowest BCUT2D eigenvalue weighted by Gasteiger charge is -2.38. The first-order valence-electron chi connectivity index (χ1n) is 30.3. The average Bonchev–Trinajstić information content (AvgIpc) is 1.12. The first-order valence-corrected chi connectivity index (χ1v) is 32.8. The summed E-state index contributed by atoms with van der Waals surface area (Å²) < 4.78 is 69.5. The van der Waals surface area contributed by atoms with E-state index >= 15 is 0 Å². The standard InChI is InChI=1S/C65H75F3N10O15S2/c1-39(2)57(83)75-63-74-56-55(59(85)76-63)71-44(34-70-56)35-78(62(88)65(66,67)68)45-22-16-40(17-23-45)58(84)73-50(60(86)91-5)28-29-53(81)72-51(61(87)92-6)38-95-94-32-30-52(80)69-31-12-8-11-15-54(82)77-36-47(79)33-46(77)37-93-64(41-13-9-7-10-14-41,42-18-24-48(89-3)25-19-42)43-20-26-49(90-4)27-21-43/h7,9-10,13-14,16-27,34,39,46-47,50-51,79H,8,11-12,15,28-33,35-38H2,1-6H3,(H,69,80)(H,72,81)(H,73,84)(H2,70,74,75,76,83,85)/t46-,47+,50+,51+/m0/s1. The van der Waals surface area contributed by atoms with E-state index in [1.54, 1.807) is 33.0 Å². The number of aliphatic hydroxyl groups is 1. The van der Waals surface area contributed by atoms with Gasteiger partial charge in [0, 0.05) is 61.0 Å². The quantitative estimate of drug-likeness (QED) is 0.0110. The number of aromatic amines is 1. The molecule has 7 rings (SSSR count). The number of amides is 6. The third-order valence-corrected chi connectivity index (χ3v) is 17.7. The minimum Gasteiger partial charge on any atom is -0.497 e. The van der Waals surface area contributed by atoms with Crippen molar-refractivity contribution in [2.24, 2.45) is 5.92 Å². The molecule has 0 unspecified atom stereocenters. The Bertz CT molecular complexity index is 3640. The SMILES string of the molecule is COC(=O)[C@@H](CSSCCC(=O)NCCCCCC(=O)N1C[C@H](O)C[C@H]1COC(c1ccccc1)(c1ccc(OC)cc1)c1ccc(OC)cc1)NC(=O)CC[C@@H](NC(=O)c1ccc(N(Cc2cnc3nc(NC(=O)C(C)C)[nH]c(=O)c3n2)C(=O)C(F)(F)F)cc1)C(=O)OC. The second kappa shape index (κ2) is 34.9. The lowest BCUT2D eigenvalue weighted by molar-refractivity contribution is -0.170. The molecular weight excluding hydrogens is 1280 g/mol. The molecule has 1 saturated heterocycles. The molecule has 2 aromatic heterocycles. The number of carbonyl (C=O) groups is 8. The number of methoxy groups -OCH3 is 4. The summed E-state index contributed by atoms with van der Waals surface area (Å²) in [6.07, 6.45) is -3.29. The maximum absolute atomic E-state index is 13.9. The van der Waals surface area contributed by atoms with Crippen molar-refractivity contribution in [3.8, 4) is 11.5 Å². The monoisotopic (exact) mass is 1360 g/mol. The van der Waals surface area contributed by atoms with Gasteiger partial charge in [0.15, 0.2) is 11.2 Å². The van der Waals surface area contributed by atoms with Crippen molar-refractivity contribution in [3.63, 3.8) is 0 Å². The van der Waals surface area contributed by atoms with Crippen LogP contribution in [0.4, 0.5) is 24.8 Å². The molecule has 508 valence electrons. The summed E-state index contributed by atoms with van der Waals surface area (Å²) in [7, 11) is 7.86. The molecule has 1 aliphatic heterocycles. The van der Waals surface area contributed by atoms with Gasteiger partial charge in [-0.15, -0.1) is 0 Å². The Kier molecular flexibility index (Phi) is 26.9. The van der Waals surface area contributed by atoms with Crippen LogP contribution in [-0.4, -0.2) is 167 Å². The van der Waals surface area contributed by atoms with Crippen molar-refractivity contribution in [3.05, 3.63) is 148 Å². The predicted octanol–water partition coefficient (Wildman–Crippen LogP) is 6.55. The van der Waals surface area contributed by atoms with Crippen molar-refractivity contribution in [1.82, 2.24) is 40.8 Å². The van der Waals surface area contributed by atoms with Gasteiger partial charge in [0.2, 0.25) is 29.6 Å². The van der Waals surface area contributed by atoms with Gasteiger partial charge in [-0.1, -0.05) is 96.5 Å². The highest BCUT2D eigenvalue weighted by Crippen LogP contribution is 2.42. The second-order valence-electron chi connectivity index (χ2n) is 22.2. The number of fused-ring (bicyclic) bond motifs is 1. The molecule has 6 amide bonds. The van der Waals surface area contributed by atoms with Gasteiger partial charge in [-0.3, -0.25) is 48.8 Å². The van der Waals surface area contributed by atoms with Gasteiger partial charge in [0.05, 0.1) is 65.6 Å². The van der Waals surface area contributed by atoms with E-state index < -0.39 is 102 Å². The average molecular weight is 1360 g/mol. The summed E-state index contributed by atoms with van der Waals surface area (Å²) in [5.41, 5.74) is -0.850. The number of aromatic nitrogens is 4. The van der Waals surface area contributed by atoms with Gasteiger partial charge in [-0.2, -0.15) is 18.2 Å². The Labute approximate surface area is 553 Å². The Morgan fingerprint density at radius 2 is 1.38 bits per heavy atom. The number of aliphatic hydroxyl groups excluding tert-OH is 1. The van der Waals surface area contributed by atoms with E-state index in [1.165, 1.54) is 21.6 Å². The number of nitrogens with one attached hydrogen (secondary N) is 5. The van der Waals surface area contributed by atoms with Crippen LogP contribution in [0.2, 0.25) is 0 Å². The molecule has 30 heteroatoms. The number of carbonyl (C=O) groups excluding carboxylic acids is 8. The van der Waals surface area contributed by atoms with Crippen molar-refractivity contribution < 1.29 is 80.3 Å². The third-order valence-electron chi connectivity index (χ3n) is 15.3. The summed E-state index contributed by atoms with van der Waals surface area (Å²) in [4.78, 5) is 133. The molecule has 6 N–H and O–H groups in total. The Hall–Kier alpha value is -9.13. The van der Waals surface area contributed by atoms with Crippen LogP contribution in [0.1, 0.15) is 98.0 Å². The maximum Gasteiger partial charge on any atom is 0.471 e. The smallest absolute Gasteiger partial charge is 0.471 e. The number of unbranched alkanes of at least 4 members (excludes halogenated alkanes) is 2. The van der Waals surface area contributed by atoms with E-state index in [4.69, 9.17) is 23.7 Å². The number of H-pyrrole nitrogens is 1. The fraction of sp³-hybridized carbons (Fsp3) is 0.415. The minimum atomic E-state index is -5.39. The van der Waals surface area contributed by atoms with Crippen molar-refractivity contribution >= 4 is 91.8 Å². The number of benzene rings is 4. The van der Waals surface area contributed by atoms with Gasteiger partial charge in [-0.05, 0) is 90.9 Å². The number of esters is 2. The molecule has 0 saturated carbocycles. The van der Waals surface area contributed by atoms with Gasteiger partial charge >= 0.3 is 24.0 Å². The van der Waals surface area contributed by atoms with E-state index in [9.17, 15) is 61.4 Å². The Balaban J connectivity index is 0.827. The maximum atomic E-state index is 13.9. The molecule has 3 heterocycles. The molecule has 1 fully saturated rings. The van der Waals surface area contributed by atoms with Crippen LogP contribution in [0, 0.1) is 5.92 Å². The highest BCUT2D eigenvalue weighted by atomic mass is 33.1. The molecular formula is C65H75F3N10O15S2. The van der Waals surface area contributed by atoms with Crippen molar-refractivity contribution in [2.75, 3.05) is 69.9 Å². The van der Waals surface area contributed by atoms with Crippen LogP contribution in [0.15, 0.2) is 114 Å². The summed E-state index contributed by atoms with van der Waals surface area (Å²) in [5.74, 6) is -5.38. The molecule has 4 atom stereocenters. The molecule has 1 aliphatic rings. The summed E-state index contributed by atoms with van der Waals surface area (Å²) in [6.45, 7) is 3.05. The summed E-state index contributed by atoms with van der Waals surface area (Å²) in [5, 5.41) is 21.1. The third kappa shape index (κ3) is 20.2. The number of halogens is 3. The number of alkyl halides is 3. The predicted molar refractivity (Wildman–Crippen MR) is 347 cm³/mol. The summed E-state index contributed by atoms with van der Waals surface area (Å²) in [6, 6.07) is 26.4. The van der Waals surface area contributed by atoms with Crippen LogP contribution in [0.5, 0.6) is 11.5 Å². The number of β-amino-alcohol motifs (C(OH)–C–C–N with tert-alkyl or cyclic N) is 1. The van der Waals surface area contributed by atoms with Crippen LogP contribution >= 0.6 is 21.6 Å². The highest BCUT2D eigenvalue weighted by Gasteiger charge is 2.44. The Morgan fingerprint density at radius 1 is 0.747 bits per heavy atom. The number of likely N-dealkylation sites (tertiary alicyclic amines) is 1. The number of ether oxygens (including phenoxy) is 5. The zero-order valence-electron chi connectivity index (χ0n) is 53.0. The number of hydrogen-bond acceptors (Lipinski definition) is 20. The Morgan fingerprint density at radius 3 is 1.99 bits per heavy atom. The van der Waals surface area contributed by atoms with E-state index in [0.29, 0.717) is 54.4 Å². The van der Waals surface area contributed by atoms with Gasteiger partial charge in [0.25, 0.3) is 11.5 Å². The molecule has 6 aromatic rings. The van der Waals surface area contributed by atoms with Crippen LogP contribution < -0.4 is 41.2 Å². The van der Waals surface area contributed by atoms with Crippen LogP contribution in [0.25, 0.3) is 11.2 Å². The summed E-state index contributed by atoms with van der Waals surface area (Å²) >= 11 is 0. The lowest BCUT2D eigenvalue weighted by Crippen LogP contribution is -2.45. The van der Waals surface area contributed by atoms with Crippen molar-refractivity contribution in [1.29, 1.82) is 0 Å². The highest BCUT2D eigenvalue weighted by molar-refractivity contribution is 8.76. The number of hydrogen-bond donors (Lipinski definition) is 6. The molecule has 0 bridgehead atoms. The molecule has 25 nitrogen and oxygen atoms in total. The molecule has 0 spiro atoms. The first kappa shape index (κ1) is 73.3. The van der Waals surface area contributed by atoms with E-state index in [0.717, 1.165) is 61.4 Å². The fourth-order valence-electron chi connectivity index (χ4n) is 10.2. The number of anilines is 2. The zero-order chi connectivity index (χ0) is 68.8. The normalized spacial score (nSPS) is 14.5. The van der Waals surface area contributed by atoms with Gasteiger partial charge < -0.3 is 49.6 Å². The van der Waals surface area contributed by atoms with E-state index in [1.807, 2.05) is 78.9 Å². The second-order valence-corrected chi connectivity index (χ2v) is 24.8. The lowest BCUT2D eigenvalue weighted by atomic mass is 9.80. The van der Waals surface area contributed by atoms with E-state index in [2.05, 4.69) is 41.2 Å². The zero-order valence-corrected chi connectivity index (χ0v) is 54.7. The molecule has 0 aliphatic carbocycles. The fourth-order valence-corrected chi connectivity index (χ4v) is 12.4. The topological polar surface area (TPSA) is 329 Å². The largest absolute Gasteiger partial charge is 0.497 e. The van der Waals surface area contributed by atoms with Crippen molar-refractivity contribution in [2.45, 2.75) is 108 Å². The number of rotatable bonds is 33.